The molecule has 0 aromatic heterocycles. The summed E-state index contributed by atoms with van der Waals surface area (Å²) < 4.78 is 28.5. The van der Waals surface area contributed by atoms with E-state index in [4.69, 9.17) is 4.74 Å². The van der Waals surface area contributed by atoms with E-state index in [-0.39, 0.29) is 12.1 Å². The van der Waals surface area contributed by atoms with Gasteiger partial charge in [0.2, 0.25) is 0 Å². The van der Waals surface area contributed by atoms with E-state index >= 15 is 0 Å². The van der Waals surface area contributed by atoms with Crippen molar-refractivity contribution in [2.45, 2.75) is 43.9 Å². The molecule has 28 heavy (non-hydrogen) atoms. The number of benzene rings is 1. The summed E-state index contributed by atoms with van der Waals surface area (Å²) in [5.74, 6) is 0.820. The van der Waals surface area contributed by atoms with Crippen molar-refractivity contribution >= 4 is 21.9 Å². The predicted molar refractivity (Wildman–Crippen MR) is 107 cm³/mol. The number of sulfone groups is 1. The van der Waals surface area contributed by atoms with E-state index in [0.29, 0.717) is 37.6 Å². The minimum absolute atomic E-state index is 0.149. The molecule has 1 N–H and O–H groups in total. The number of nitrogens with one attached hydrogen (secondary N) is 1. The standard InChI is InChI=1S/C19H28N4O4S/c1-19(2,3)27-18(24)22-9-10-23-15(13-22)12-21-17(23)20-11-14-5-7-16(8-6-14)28(4,25)26/h5-8,15H,9-13H2,1-4H3,(H,20,21). The number of hydrogen-bond donors (Lipinski definition) is 1. The highest BCUT2D eigenvalue weighted by atomic mass is 32.2. The number of aliphatic imine (C=N–C) groups is 1. The van der Waals surface area contributed by atoms with Crippen LogP contribution in [-0.4, -0.2) is 74.3 Å². The lowest BCUT2D eigenvalue weighted by atomic mass is 10.2. The van der Waals surface area contributed by atoms with E-state index in [1.54, 1.807) is 29.2 Å². The Hall–Kier alpha value is -2.29. The first-order valence-corrected chi connectivity index (χ1v) is 11.2. The Kier molecular flexibility index (Phi) is 5.56. The van der Waals surface area contributed by atoms with Crippen molar-refractivity contribution in [2.75, 3.05) is 32.4 Å². The lowest BCUT2D eigenvalue weighted by Gasteiger charge is -2.39. The van der Waals surface area contributed by atoms with E-state index < -0.39 is 15.4 Å². The minimum atomic E-state index is -3.18. The monoisotopic (exact) mass is 408 g/mol. The number of ether oxygens (including phenoxy) is 1. The van der Waals surface area contributed by atoms with Gasteiger partial charge in [0.1, 0.15) is 5.60 Å². The summed E-state index contributed by atoms with van der Waals surface area (Å²) in [5.41, 5.74) is 0.477. The van der Waals surface area contributed by atoms with Crippen LogP contribution < -0.4 is 5.32 Å². The van der Waals surface area contributed by atoms with E-state index in [1.807, 2.05) is 20.8 Å². The van der Waals surface area contributed by atoms with Crippen LogP contribution in [0.5, 0.6) is 0 Å². The molecule has 1 fully saturated rings. The van der Waals surface area contributed by atoms with Crippen LogP contribution >= 0.6 is 0 Å². The average molecular weight is 409 g/mol. The molecule has 1 saturated heterocycles. The van der Waals surface area contributed by atoms with Gasteiger partial charge in [-0.3, -0.25) is 4.99 Å². The Bertz CT molecular complexity index is 859. The van der Waals surface area contributed by atoms with Gasteiger partial charge in [0.15, 0.2) is 15.8 Å². The molecule has 154 valence electrons. The summed E-state index contributed by atoms with van der Waals surface area (Å²) in [7, 11) is -3.18. The second-order valence-electron chi connectivity index (χ2n) is 8.21. The molecule has 0 saturated carbocycles. The molecular formula is C19H28N4O4S. The van der Waals surface area contributed by atoms with Gasteiger partial charge >= 0.3 is 6.09 Å². The molecule has 0 spiro atoms. The molecule has 2 aliphatic heterocycles. The number of carbonyl (C=O) groups is 1. The van der Waals surface area contributed by atoms with Gasteiger partial charge in [0.25, 0.3) is 0 Å². The number of nitrogens with zero attached hydrogens (tertiary/aromatic N) is 3. The van der Waals surface area contributed by atoms with Crippen LogP contribution in [0.25, 0.3) is 0 Å². The van der Waals surface area contributed by atoms with Crippen molar-refractivity contribution in [3.05, 3.63) is 29.8 Å². The Morgan fingerprint density at radius 1 is 1.25 bits per heavy atom. The fourth-order valence-corrected chi connectivity index (χ4v) is 3.89. The summed E-state index contributed by atoms with van der Waals surface area (Å²) in [4.78, 5) is 21.1. The molecule has 1 aromatic rings. The minimum Gasteiger partial charge on any atom is -0.444 e. The maximum absolute atomic E-state index is 12.3. The van der Waals surface area contributed by atoms with Crippen LogP contribution in [0.15, 0.2) is 34.2 Å². The summed E-state index contributed by atoms with van der Waals surface area (Å²) in [5, 5.41) is 3.33. The highest BCUT2D eigenvalue weighted by Gasteiger charge is 2.36. The summed E-state index contributed by atoms with van der Waals surface area (Å²) >= 11 is 0. The number of amides is 1. The van der Waals surface area contributed by atoms with E-state index in [0.717, 1.165) is 11.5 Å². The van der Waals surface area contributed by atoms with Crippen LogP contribution in [0.4, 0.5) is 4.79 Å². The molecule has 0 bridgehead atoms. The SMILES string of the molecule is CC(C)(C)OC(=O)N1CCN2C(NCc3ccc(S(C)(=O)=O)cc3)=NCC2C1. The van der Waals surface area contributed by atoms with E-state index in [1.165, 1.54) is 6.26 Å². The molecule has 1 amide bonds. The number of hydrogen-bond acceptors (Lipinski definition) is 7. The Balaban J connectivity index is 1.53. The first-order chi connectivity index (χ1) is 13.0. The molecule has 2 heterocycles. The fourth-order valence-electron chi connectivity index (χ4n) is 3.26. The van der Waals surface area contributed by atoms with Gasteiger partial charge < -0.3 is 19.9 Å². The smallest absolute Gasteiger partial charge is 0.410 e. The molecule has 1 aromatic carbocycles. The van der Waals surface area contributed by atoms with Gasteiger partial charge in [-0.2, -0.15) is 0 Å². The summed E-state index contributed by atoms with van der Waals surface area (Å²) in [6.07, 6.45) is 0.921. The van der Waals surface area contributed by atoms with Crippen LogP contribution in [-0.2, 0) is 21.1 Å². The van der Waals surface area contributed by atoms with Gasteiger partial charge in [-0.25, -0.2) is 13.2 Å². The average Bonchev–Trinajstić information content (AvgIpc) is 3.00. The normalized spacial score (nSPS) is 19.9. The Morgan fingerprint density at radius 2 is 1.93 bits per heavy atom. The second kappa shape index (κ2) is 7.62. The van der Waals surface area contributed by atoms with Crippen molar-refractivity contribution in [1.29, 1.82) is 0 Å². The molecule has 9 heteroatoms. The van der Waals surface area contributed by atoms with Crippen molar-refractivity contribution in [3.8, 4) is 0 Å². The van der Waals surface area contributed by atoms with Crippen LogP contribution in [0.2, 0.25) is 0 Å². The molecule has 2 aliphatic rings. The molecule has 3 rings (SSSR count). The highest BCUT2D eigenvalue weighted by Crippen LogP contribution is 2.19. The van der Waals surface area contributed by atoms with Gasteiger partial charge in [-0.15, -0.1) is 0 Å². The van der Waals surface area contributed by atoms with Crippen molar-refractivity contribution < 1.29 is 17.9 Å². The maximum Gasteiger partial charge on any atom is 0.410 e. The molecular weight excluding hydrogens is 380 g/mol. The lowest BCUT2D eigenvalue weighted by Crippen LogP contribution is -2.57. The van der Waals surface area contributed by atoms with Gasteiger partial charge in [-0.05, 0) is 38.5 Å². The van der Waals surface area contributed by atoms with Crippen molar-refractivity contribution in [2.24, 2.45) is 4.99 Å². The van der Waals surface area contributed by atoms with Crippen molar-refractivity contribution in [1.82, 2.24) is 15.1 Å². The molecule has 1 unspecified atom stereocenters. The number of carbonyl (C=O) groups excluding carboxylic acids is 1. The van der Waals surface area contributed by atoms with Gasteiger partial charge in [0, 0.05) is 32.4 Å². The third-order valence-electron chi connectivity index (χ3n) is 4.66. The topological polar surface area (TPSA) is 91.3 Å². The van der Waals surface area contributed by atoms with Gasteiger partial charge in [-0.1, -0.05) is 12.1 Å². The van der Waals surface area contributed by atoms with Crippen LogP contribution in [0, 0.1) is 0 Å². The zero-order chi connectivity index (χ0) is 20.5. The van der Waals surface area contributed by atoms with Crippen molar-refractivity contribution in [3.63, 3.8) is 0 Å². The first kappa shape index (κ1) is 20.4. The van der Waals surface area contributed by atoms with Gasteiger partial charge in [0.05, 0.1) is 17.5 Å². The third-order valence-corrected chi connectivity index (χ3v) is 5.79. The van der Waals surface area contributed by atoms with E-state index in [2.05, 4.69) is 15.2 Å². The van der Waals surface area contributed by atoms with Crippen LogP contribution in [0.3, 0.4) is 0 Å². The number of piperazine rings is 1. The highest BCUT2D eigenvalue weighted by molar-refractivity contribution is 7.90. The second-order valence-corrected chi connectivity index (χ2v) is 10.2. The maximum atomic E-state index is 12.3. The number of rotatable bonds is 3. The quantitative estimate of drug-likeness (QED) is 0.814. The molecule has 0 aliphatic carbocycles. The zero-order valence-corrected chi connectivity index (χ0v) is 17.6. The first-order valence-electron chi connectivity index (χ1n) is 9.35. The fraction of sp³-hybridized carbons (Fsp3) is 0.579. The molecule has 0 radical (unpaired) electrons. The number of fused-ring (bicyclic) bond motifs is 1. The Morgan fingerprint density at radius 3 is 2.54 bits per heavy atom. The third kappa shape index (κ3) is 4.95. The summed E-state index contributed by atoms with van der Waals surface area (Å²) in [6, 6.07) is 6.99. The lowest BCUT2D eigenvalue weighted by molar-refractivity contribution is 0.0137. The summed E-state index contributed by atoms with van der Waals surface area (Å²) in [6.45, 7) is 8.67. The Labute approximate surface area is 166 Å². The van der Waals surface area contributed by atoms with E-state index in [9.17, 15) is 13.2 Å². The predicted octanol–water partition coefficient (Wildman–Crippen LogP) is 1.47. The largest absolute Gasteiger partial charge is 0.444 e. The molecule has 8 nitrogen and oxygen atoms in total. The number of guanidine groups is 1. The zero-order valence-electron chi connectivity index (χ0n) is 16.8. The molecule has 1 atom stereocenters. The van der Waals surface area contributed by atoms with Crippen LogP contribution in [0.1, 0.15) is 26.3 Å².